The normalized spacial score (nSPS) is 11.2. The molecule has 0 radical (unpaired) electrons. The van der Waals surface area contributed by atoms with Crippen molar-refractivity contribution in [1.82, 2.24) is 9.72 Å². The van der Waals surface area contributed by atoms with Crippen molar-refractivity contribution in [3.63, 3.8) is 0 Å². The van der Waals surface area contributed by atoms with Gasteiger partial charge in [-0.15, -0.1) is 0 Å². The maximum atomic E-state index is 13.1. The van der Waals surface area contributed by atoms with Crippen LogP contribution in [0, 0.1) is 0 Å². The van der Waals surface area contributed by atoms with E-state index in [9.17, 15) is 9.59 Å². The number of benzene rings is 2. The van der Waals surface area contributed by atoms with Gasteiger partial charge < -0.3 is 9.26 Å². The highest BCUT2D eigenvalue weighted by Gasteiger charge is 2.26. The molecule has 4 rings (SSSR count). The highest BCUT2D eigenvalue weighted by Crippen LogP contribution is 2.34. The van der Waals surface area contributed by atoms with Crippen molar-refractivity contribution in [2.75, 3.05) is 6.61 Å². The Hall–Kier alpha value is -2.93. The minimum absolute atomic E-state index is 0.0691. The van der Waals surface area contributed by atoms with Crippen LogP contribution in [0.2, 0.25) is 0 Å². The van der Waals surface area contributed by atoms with E-state index < -0.39 is 11.1 Å². The maximum Gasteiger partial charge on any atom is 0.296 e. The van der Waals surface area contributed by atoms with E-state index >= 15 is 0 Å². The summed E-state index contributed by atoms with van der Waals surface area (Å²) in [7, 11) is 0. The zero-order valence-electron chi connectivity index (χ0n) is 14.4. The van der Waals surface area contributed by atoms with Crippen molar-refractivity contribution in [2.24, 2.45) is 0 Å². The highest BCUT2D eigenvalue weighted by atomic mass is 79.9. The second-order valence-corrected chi connectivity index (χ2v) is 6.91. The van der Waals surface area contributed by atoms with Gasteiger partial charge in [0.2, 0.25) is 0 Å². The fourth-order valence-corrected chi connectivity index (χ4v) is 3.42. The molecule has 0 bridgehead atoms. The summed E-state index contributed by atoms with van der Waals surface area (Å²) >= 11 is 3.41. The number of pyridine rings is 1. The van der Waals surface area contributed by atoms with Gasteiger partial charge in [0.05, 0.1) is 18.7 Å². The number of ether oxygens (including phenoxy) is 1. The molecule has 27 heavy (non-hydrogen) atoms. The van der Waals surface area contributed by atoms with Crippen LogP contribution in [0.3, 0.4) is 0 Å². The third kappa shape index (κ3) is 3.04. The van der Waals surface area contributed by atoms with Gasteiger partial charge in [0.15, 0.2) is 17.0 Å². The summed E-state index contributed by atoms with van der Waals surface area (Å²) in [6.07, 6.45) is 0. The van der Waals surface area contributed by atoms with Crippen molar-refractivity contribution >= 4 is 26.9 Å². The van der Waals surface area contributed by atoms with E-state index in [4.69, 9.17) is 9.26 Å². The number of fused-ring (bicyclic) bond motifs is 3. The number of hydrogen-bond acceptors (Lipinski definition) is 5. The van der Waals surface area contributed by atoms with Crippen molar-refractivity contribution < 1.29 is 9.26 Å². The number of halogens is 1. The molecule has 0 fully saturated rings. The van der Waals surface area contributed by atoms with Crippen molar-refractivity contribution in [2.45, 2.75) is 13.5 Å². The van der Waals surface area contributed by atoms with Gasteiger partial charge in [-0.2, -0.15) is 0 Å². The van der Waals surface area contributed by atoms with E-state index in [1.54, 1.807) is 25.1 Å². The SMILES string of the molecule is CCOc1c2c3cc(Br)ccc3onc-2c(=O)n(Cc2ccccc2)c1=O. The van der Waals surface area contributed by atoms with E-state index in [0.717, 1.165) is 14.6 Å². The van der Waals surface area contributed by atoms with Crippen LogP contribution < -0.4 is 15.9 Å². The number of hydrogen-bond donors (Lipinski definition) is 0. The van der Waals surface area contributed by atoms with Crippen LogP contribution in [0.5, 0.6) is 5.75 Å². The number of aromatic nitrogens is 2. The fraction of sp³-hybridized carbons (Fsp3) is 0.150. The van der Waals surface area contributed by atoms with Crippen LogP contribution in [-0.4, -0.2) is 16.3 Å². The minimum Gasteiger partial charge on any atom is -0.488 e. The fourth-order valence-electron chi connectivity index (χ4n) is 3.06. The summed E-state index contributed by atoms with van der Waals surface area (Å²) in [5, 5.41) is 4.58. The standard InChI is InChI=1S/C20H15BrN2O4/c1-2-26-18-16-14-10-13(21)8-9-15(14)27-22-17(16)19(24)23(20(18)25)11-12-6-4-3-5-7-12/h3-10H,2,11H2,1H3. The molecule has 2 aliphatic heterocycles. The molecular formula is C20H15BrN2O4. The van der Waals surface area contributed by atoms with E-state index in [2.05, 4.69) is 21.1 Å². The molecule has 2 aliphatic rings. The lowest BCUT2D eigenvalue weighted by molar-refractivity contribution is 0.332. The Bertz CT molecular complexity index is 1210. The van der Waals surface area contributed by atoms with Gasteiger partial charge in [-0.05, 0) is 30.7 Å². The molecule has 2 aromatic carbocycles. The van der Waals surface area contributed by atoms with E-state index in [1.807, 2.05) is 30.3 Å². The lowest BCUT2D eigenvalue weighted by Gasteiger charge is -2.15. The van der Waals surface area contributed by atoms with Crippen LogP contribution >= 0.6 is 15.9 Å². The molecule has 136 valence electrons. The van der Waals surface area contributed by atoms with E-state index in [0.29, 0.717) is 16.5 Å². The van der Waals surface area contributed by atoms with Crippen LogP contribution in [0.15, 0.2) is 67.1 Å². The summed E-state index contributed by atoms with van der Waals surface area (Å²) in [6, 6.07) is 14.6. The van der Waals surface area contributed by atoms with Gasteiger partial charge in [0, 0.05) is 9.86 Å². The molecule has 0 amide bonds. The van der Waals surface area contributed by atoms with Crippen molar-refractivity contribution in [3.8, 4) is 17.0 Å². The van der Waals surface area contributed by atoms with Crippen LogP contribution in [-0.2, 0) is 6.54 Å². The zero-order valence-corrected chi connectivity index (χ0v) is 16.0. The molecule has 0 spiro atoms. The summed E-state index contributed by atoms with van der Waals surface area (Å²) in [5.74, 6) is 0.106. The molecule has 0 saturated heterocycles. The van der Waals surface area contributed by atoms with Gasteiger partial charge in [0.1, 0.15) is 0 Å². The largest absolute Gasteiger partial charge is 0.488 e. The molecule has 2 heterocycles. The van der Waals surface area contributed by atoms with Crippen LogP contribution in [0.4, 0.5) is 0 Å². The molecule has 7 heteroatoms. The molecule has 0 aromatic heterocycles. The first-order valence-corrected chi connectivity index (χ1v) is 9.22. The average Bonchev–Trinajstić information content (AvgIpc) is 2.68. The van der Waals surface area contributed by atoms with Gasteiger partial charge in [-0.1, -0.05) is 51.4 Å². The Kier molecular flexibility index (Phi) is 4.53. The first-order valence-electron chi connectivity index (χ1n) is 8.42. The van der Waals surface area contributed by atoms with E-state index in [-0.39, 0.29) is 24.6 Å². The molecule has 6 nitrogen and oxygen atoms in total. The first kappa shape index (κ1) is 17.5. The molecule has 0 atom stereocenters. The maximum absolute atomic E-state index is 13.1. The zero-order chi connectivity index (χ0) is 19.0. The molecular weight excluding hydrogens is 412 g/mol. The van der Waals surface area contributed by atoms with Gasteiger partial charge in [0.25, 0.3) is 11.1 Å². The first-order chi connectivity index (χ1) is 13.1. The van der Waals surface area contributed by atoms with Crippen molar-refractivity contribution in [1.29, 1.82) is 0 Å². The molecule has 2 aromatic rings. The molecule has 0 unspecified atom stereocenters. The molecule has 0 N–H and O–H groups in total. The summed E-state index contributed by atoms with van der Waals surface area (Å²) < 4.78 is 13.0. The predicted molar refractivity (Wildman–Crippen MR) is 106 cm³/mol. The van der Waals surface area contributed by atoms with Gasteiger partial charge >= 0.3 is 0 Å². The van der Waals surface area contributed by atoms with Crippen molar-refractivity contribution in [3.05, 3.63) is 79.3 Å². The predicted octanol–water partition coefficient (Wildman–Crippen LogP) is 3.66. The van der Waals surface area contributed by atoms with Crippen LogP contribution in [0.1, 0.15) is 12.5 Å². The monoisotopic (exact) mass is 426 g/mol. The lowest BCUT2D eigenvalue weighted by atomic mass is 10.1. The number of rotatable bonds is 4. The highest BCUT2D eigenvalue weighted by molar-refractivity contribution is 9.10. The minimum atomic E-state index is -0.507. The average molecular weight is 427 g/mol. The van der Waals surface area contributed by atoms with Crippen LogP contribution in [0.25, 0.3) is 22.2 Å². The Morgan fingerprint density at radius 2 is 1.89 bits per heavy atom. The molecule has 0 saturated carbocycles. The summed E-state index contributed by atoms with van der Waals surface area (Å²) in [6.45, 7) is 2.21. The smallest absolute Gasteiger partial charge is 0.296 e. The Morgan fingerprint density at radius 3 is 2.63 bits per heavy atom. The topological polar surface area (TPSA) is 74.3 Å². The quantitative estimate of drug-likeness (QED) is 0.465. The third-order valence-corrected chi connectivity index (χ3v) is 4.76. The molecule has 0 aliphatic carbocycles. The Labute approximate surface area is 162 Å². The van der Waals surface area contributed by atoms with Gasteiger partial charge in [-0.3, -0.25) is 14.2 Å². The third-order valence-electron chi connectivity index (χ3n) is 4.27. The summed E-state index contributed by atoms with van der Waals surface area (Å²) in [4.78, 5) is 26.1. The second kappa shape index (κ2) is 7.00. The Balaban J connectivity index is 2.07. The summed E-state index contributed by atoms with van der Waals surface area (Å²) in [5.41, 5.74) is 0.754. The Morgan fingerprint density at radius 1 is 1.11 bits per heavy atom. The lowest BCUT2D eigenvalue weighted by Crippen LogP contribution is -2.36. The number of nitrogens with zero attached hydrogens (tertiary/aromatic N) is 2. The van der Waals surface area contributed by atoms with Gasteiger partial charge in [-0.25, -0.2) is 0 Å². The van der Waals surface area contributed by atoms with E-state index in [1.165, 1.54) is 0 Å². The second-order valence-electron chi connectivity index (χ2n) is 5.99.